The zero-order valence-electron chi connectivity index (χ0n) is 6.38. The lowest BCUT2D eigenvalue weighted by Gasteiger charge is -2.18. The molecule has 0 spiro atoms. The molecule has 56 valence electrons. The van der Waals surface area contributed by atoms with E-state index in [1.807, 2.05) is 0 Å². The second kappa shape index (κ2) is 2.54. The van der Waals surface area contributed by atoms with Gasteiger partial charge in [0.15, 0.2) is 0 Å². The molecule has 0 aliphatic rings. The van der Waals surface area contributed by atoms with Crippen LogP contribution in [-0.4, -0.2) is 15.7 Å². The second-order valence-electron chi connectivity index (χ2n) is 3.12. The van der Waals surface area contributed by atoms with Gasteiger partial charge in [-0.15, -0.1) is 10.2 Å². The summed E-state index contributed by atoms with van der Waals surface area (Å²) < 4.78 is 0. The van der Waals surface area contributed by atoms with E-state index in [1.54, 1.807) is 5.51 Å². The lowest BCUT2D eigenvalue weighted by atomic mass is 10.1. The highest BCUT2D eigenvalue weighted by molar-refractivity contribution is 7.13. The van der Waals surface area contributed by atoms with E-state index in [0.29, 0.717) is 0 Å². The molecule has 0 fully saturated rings. The molecule has 0 unspecified atom stereocenters. The van der Waals surface area contributed by atoms with E-state index in [9.17, 15) is 0 Å². The van der Waals surface area contributed by atoms with Gasteiger partial charge in [0.05, 0.1) is 0 Å². The van der Waals surface area contributed by atoms with Crippen LogP contribution in [0.1, 0.15) is 20.8 Å². The van der Waals surface area contributed by atoms with Crippen molar-refractivity contribution < 1.29 is 0 Å². The predicted molar refractivity (Wildman–Crippen MR) is 43.3 cm³/mol. The van der Waals surface area contributed by atoms with Crippen LogP contribution in [0.3, 0.4) is 0 Å². The first kappa shape index (κ1) is 7.47. The Kier molecular flexibility index (Phi) is 1.89. The van der Waals surface area contributed by atoms with Crippen molar-refractivity contribution in [1.82, 2.24) is 10.2 Å². The number of hydrogen-bond donors (Lipinski definition) is 1. The molecule has 0 aliphatic carbocycles. The third-order valence-corrected chi connectivity index (χ3v) is 1.45. The number of nitrogens with zero attached hydrogens (tertiary/aromatic N) is 2. The lowest BCUT2D eigenvalue weighted by Crippen LogP contribution is -2.25. The number of nitrogens with one attached hydrogen (secondary N) is 1. The average molecular weight is 157 g/mol. The van der Waals surface area contributed by atoms with Crippen LogP contribution in [0, 0.1) is 0 Å². The van der Waals surface area contributed by atoms with Crippen molar-refractivity contribution in [2.75, 3.05) is 5.32 Å². The largest absolute Gasteiger partial charge is 0.355 e. The van der Waals surface area contributed by atoms with Crippen LogP contribution in [0.5, 0.6) is 0 Å². The lowest BCUT2D eigenvalue weighted by molar-refractivity contribution is 0.632. The Hall–Kier alpha value is -0.640. The standard InChI is InChI=1S/C6H11N3S/c1-6(2,3)8-5-9-7-4-10-5/h4H,1-3H3,(H,8,9). The molecule has 1 aromatic heterocycles. The van der Waals surface area contributed by atoms with Gasteiger partial charge in [-0.25, -0.2) is 0 Å². The number of rotatable bonds is 1. The van der Waals surface area contributed by atoms with Crippen LogP contribution in [-0.2, 0) is 0 Å². The van der Waals surface area contributed by atoms with Gasteiger partial charge in [0.25, 0.3) is 0 Å². The van der Waals surface area contributed by atoms with E-state index in [4.69, 9.17) is 0 Å². The monoisotopic (exact) mass is 157 g/mol. The summed E-state index contributed by atoms with van der Waals surface area (Å²) in [6.07, 6.45) is 0. The van der Waals surface area contributed by atoms with Crippen molar-refractivity contribution in [3.8, 4) is 0 Å². The van der Waals surface area contributed by atoms with Crippen LogP contribution in [0.2, 0.25) is 0 Å². The van der Waals surface area contributed by atoms with Gasteiger partial charge >= 0.3 is 0 Å². The minimum absolute atomic E-state index is 0.0829. The fourth-order valence-corrected chi connectivity index (χ4v) is 1.20. The zero-order chi connectivity index (χ0) is 7.61. The fraction of sp³-hybridized carbons (Fsp3) is 0.667. The van der Waals surface area contributed by atoms with Gasteiger partial charge < -0.3 is 5.32 Å². The van der Waals surface area contributed by atoms with Crippen LogP contribution >= 0.6 is 11.3 Å². The molecular formula is C6H11N3S. The highest BCUT2D eigenvalue weighted by atomic mass is 32.1. The number of aromatic nitrogens is 2. The summed E-state index contributed by atoms with van der Waals surface area (Å²) in [5.74, 6) is 0. The molecule has 0 atom stereocenters. The molecule has 10 heavy (non-hydrogen) atoms. The Morgan fingerprint density at radius 1 is 1.50 bits per heavy atom. The van der Waals surface area contributed by atoms with Gasteiger partial charge in [-0.1, -0.05) is 11.3 Å². The van der Waals surface area contributed by atoms with Crippen molar-refractivity contribution in [1.29, 1.82) is 0 Å². The molecule has 1 rings (SSSR count). The molecule has 0 bridgehead atoms. The number of anilines is 1. The van der Waals surface area contributed by atoms with Crippen molar-refractivity contribution in [2.24, 2.45) is 0 Å². The molecule has 4 heteroatoms. The molecule has 0 aromatic carbocycles. The Morgan fingerprint density at radius 2 is 2.20 bits per heavy atom. The van der Waals surface area contributed by atoms with Gasteiger partial charge in [-0.05, 0) is 20.8 Å². The highest BCUT2D eigenvalue weighted by Crippen LogP contribution is 2.14. The smallest absolute Gasteiger partial charge is 0.205 e. The quantitative estimate of drug-likeness (QED) is 0.675. The van der Waals surface area contributed by atoms with Crippen molar-refractivity contribution in [3.63, 3.8) is 0 Å². The fourth-order valence-electron chi connectivity index (χ4n) is 0.548. The van der Waals surface area contributed by atoms with Crippen LogP contribution in [0.25, 0.3) is 0 Å². The molecule has 3 nitrogen and oxygen atoms in total. The normalized spacial score (nSPS) is 11.5. The van der Waals surface area contributed by atoms with Crippen LogP contribution in [0.15, 0.2) is 5.51 Å². The third-order valence-electron chi connectivity index (χ3n) is 0.842. The highest BCUT2D eigenvalue weighted by Gasteiger charge is 2.10. The summed E-state index contributed by atoms with van der Waals surface area (Å²) in [5.41, 5.74) is 1.80. The molecule has 1 N–H and O–H groups in total. The third kappa shape index (κ3) is 2.31. The van der Waals surface area contributed by atoms with Gasteiger partial charge in [-0.3, -0.25) is 0 Å². The van der Waals surface area contributed by atoms with Gasteiger partial charge in [0.2, 0.25) is 5.13 Å². The molecule has 1 heterocycles. The van der Waals surface area contributed by atoms with Crippen LogP contribution in [0.4, 0.5) is 5.13 Å². The van der Waals surface area contributed by atoms with E-state index >= 15 is 0 Å². The van der Waals surface area contributed by atoms with Gasteiger partial charge in [0.1, 0.15) is 5.51 Å². The average Bonchev–Trinajstić information content (AvgIpc) is 2.12. The van der Waals surface area contributed by atoms with E-state index in [0.717, 1.165) is 5.13 Å². The Balaban J connectivity index is 2.57. The molecule has 0 saturated heterocycles. The maximum atomic E-state index is 3.86. The summed E-state index contributed by atoms with van der Waals surface area (Å²) in [6, 6.07) is 0. The van der Waals surface area contributed by atoms with Crippen LogP contribution < -0.4 is 5.32 Å². The Morgan fingerprint density at radius 3 is 2.60 bits per heavy atom. The number of hydrogen-bond acceptors (Lipinski definition) is 4. The minimum Gasteiger partial charge on any atom is -0.355 e. The van der Waals surface area contributed by atoms with Crippen molar-refractivity contribution in [3.05, 3.63) is 5.51 Å². The summed E-state index contributed by atoms with van der Waals surface area (Å²) in [7, 11) is 0. The Labute approximate surface area is 64.5 Å². The summed E-state index contributed by atoms with van der Waals surface area (Å²) in [6.45, 7) is 6.28. The Bertz CT molecular complexity index is 187. The summed E-state index contributed by atoms with van der Waals surface area (Å²) in [5, 5.41) is 11.7. The van der Waals surface area contributed by atoms with E-state index in [1.165, 1.54) is 11.3 Å². The first-order valence-electron chi connectivity index (χ1n) is 3.12. The summed E-state index contributed by atoms with van der Waals surface area (Å²) >= 11 is 1.52. The molecule has 0 saturated carbocycles. The topological polar surface area (TPSA) is 37.8 Å². The van der Waals surface area contributed by atoms with E-state index < -0.39 is 0 Å². The van der Waals surface area contributed by atoms with Gasteiger partial charge in [-0.2, -0.15) is 0 Å². The first-order valence-corrected chi connectivity index (χ1v) is 4.00. The second-order valence-corrected chi connectivity index (χ2v) is 3.95. The van der Waals surface area contributed by atoms with E-state index in [2.05, 4.69) is 36.3 Å². The molecule has 0 amide bonds. The minimum atomic E-state index is 0.0829. The predicted octanol–water partition coefficient (Wildman–Crippen LogP) is 1.75. The molecular weight excluding hydrogens is 146 g/mol. The van der Waals surface area contributed by atoms with E-state index in [-0.39, 0.29) is 5.54 Å². The van der Waals surface area contributed by atoms with Gasteiger partial charge in [0, 0.05) is 5.54 Å². The molecule has 0 aliphatic heterocycles. The van der Waals surface area contributed by atoms with Crippen molar-refractivity contribution >= 4 is 16.5 Å². The maximum Gasteiger partial charge on any atom is 0.205 e. The first-order chi connectivity index (χ1) is 4.58. The molecule has 0 radical (unpaired) electrons. The SMILES string of the molecule is CC(C)(C)Nc1nncs1. The molecule has 1 aromatic rings. The van der Waals surface area contributed by atoms with Crippen molar-refractivity contribution in [2.45, 2.75) is 26.3 Å². The summed E-state index contributed by atoms with van der Waals surface area (Å²) in [4.78, 5) is 0. The zero-order valence-corrected chi connectivity index (χ0v) is 7.20. The maximum absolute atomic E-state index is 3.86.